The van der Waals surface area contributed by atoms with Crippen LogP contribution in [0.25, 0.3) is 6.08 Å². The molecule has 1 aliphatic rings. The molecule has 0 aromatic heterocycles. The maximum Gasteiger partial charge on any atom is 0.211 e. The molecule has 27 heavy (non-hydrogen) atoms. The van der Waals surface area contributed by atoms with Gasteiger partial charge in [-0.2, -0.15) is 0 Å². The first kappa shape index (κ1) is 21.4. The fraction of sp³-hybridized carbons (Fsp3) is 0.550. The van der Waals surface area contributed by atoms with Gasteiger partial charge in [0.2, 0.25) is 10.0 Å². The quantitative estimate of drug-likeness (QED) is 0.440. The molecule has 0 radical (unpaired) electrons. The molecule has 0 atom stereocenters. The van der Waals surface area contributed by atoms with Crippen LogP contribution < -0.4 is 5.32 Å². The average molecular weight is 393 g/mol. The van der Waals surface area contributed by atoms with Crippen LogP contribution in [0, 0.1) is 0 Å². The Labute approximate surface area is 164 Å². The molecule has 6 nitrogen and oxygen atoms in total. The average Bonchev–Trinajstić information content (AvgIpc) is 2.65. The minimum atomic E-state index is -3.12. The van der Waals surface area contributed by atoms with Gasteiger partial charge >= 0.3 is 0 Å². The van der Waals surface area contributed by atoms with E-state index in [4.69, 9.17) is 0 Å². The summed E-state index contributed by atoms with van der Waals surface area (Å²) >= 11 is 0. The molecule has 0 spiro atoms. The molecule has 0 unspecified atom stereocenters. The van der Waals surface area contributed by atoms with E-state index in [9.17, 15) is 8.42 Å². The molecule has 1 aromatic carbocycles. The highest BCUT2D eigenvalue weighted by Gasteiger charge is 2.17. The van der Waals surface area contributed by atoms with E-state index in [0.717, 1.165) is 38.3 Å². The summed E-state index contributed by atoms with van der Waals surface area (Å²) in [5.74, 6) is 0.899. The normalized spacial score (nSPS) is 15.9. The summed E-state index contributed by atoms with van der Waals surface area (Å²) in [6, 6.07) is 10.4. The van der Waals surface area contributed by atoms with Crippen LogP contribution >= 0.6 is 0 Å². The highest BCUT2D eigenvalue weighted by Crippen LogP contribution is 2.19. The highest BCUT2D eigenvalue weighted by molar-refractivity contribution is 7.88. The van der Waals surface area contributed by atoms with E-state index < -0.39 is 10.0 Å². The summed E-state index contributed by atoms with van der Waals surface area (Å²) in [5.41, 5.74) is 2.73. The minimum Gasteiger partial charge on any atom is -0.356 e. The summed E-state index contributed by atoms with van der Waals surface area (Å²) in [5, 5.41) is 3.37. The van der Waals surface area contributed by atoms with E-state index in [0.29, 0.717) is 19.6 Å². The maximum absolute atomic E-state index is 11.6. The van der Waals surface area contributed by atoms with Crippen molar-refractivity contribution in [2.45, 2.75) is 26.2 Å². The van der Waals surface area contributed by atoms with Gasteiger partial charge in [-0.1, -0.05) is 48.9 Å². The Kier molecular flexibility index (Phi) is 8.31. The molecular weight excluding hydrogens is 360 g/mol. The van der Waals surface area contributed by atoms with E-state index in [1.165, 1.54) is 21.7 Å². The number of likely N-dealkylation sites (tertiary alicyclic amines) is 1. The van der Waals surface area contributed by atoms with E-state index in [2.05, 4.69) is 45.6 Å². The van der Waals surface area contributed by atoms with Gasteiger partial charge in [0.05, 0.1) is 6.26 Å². The number of nitrogens with zero attached hydrogens (tertiary/aromatic N) is 3. The number of nitrogens with one attached hydrogen (secondary N) is 1. The predicted octanol–water partition coefficient (Wildman–Crippen LogP) is 2.41. The molecule has 0 bridgehead atoms. The van der Waals surface area contributed by atoms with Gasteiger partial charge in [0.1, 0.15) is 0 Å². The van der Waals surface area contributed by atoms with E-state index in [-0.39, 0.29) is 0 Å². The number of hydrogen-bond donors (Lipinski definition) is 1. The summed E-state index contributed by atoms with van der Waals surface area (Å²) in [4.78, 5) is 6.66. The van der Waals surface area contributed by atoms with Crippen molar-refractivity contribution in [1.29, 1.82) is 0 Å². The number of sulfonamides is 1. The zero-order chi connectivity index (χ0) is 19.7. The van der Waals surface area contributed by atoms with Gasteiger partial charge in [-0.25, -0.2) is 12.7 Å². The number of rotatable bonds is 7. The molecule has 7 heteroatoms. The molecule has 1 saturated heterocycles. The summed E-state index contributed by atoms with van der Waals surface area (Å²) < 4.78 is 24.7. The largest absolute Gasteiger partial charge is 0.356 e. The van der Waals surface area contributed by atoms with Crippen LogP contribution in [-0.4, -0.2) is 69.6 Å². The molecule has 0 aliphatic carbocycles. The van der Waals surface area contributed by atoms with Gasteiger partial charge in [-0.3, -0.25) is 4.99 Å². The highest BCUT2D eigenvalue weighted by atomic mass is 32.2. The van der Waals surface area contributed by atoms with Crippen molar-refractivity contribution < 1.29 is 8.42 Å². The van der Waals surface area contributed by atoms with Gasteiger partial charge in [0.15, 0.2) is 5.96 Å². The Balaban J connectivity index is 1.78. The fourth-order valence-electron chi connectivity index (χ4n) is 3.28. The Morgan fingerprint density at radius 3 is 2.48 bits per heavy atom. The first-order valence-corrected chi connectivity index (χ1v) is 11.4. The smallest absolute Gasteiger partial charge is 0.211 e. The number of hydrogen-bond acceptors (Lipinski definition) is 3. The molecule has 150 valence electrons. The lowest BCUT2D eigenvalue weighted by Gasteiger charge is -2.31. The second-order valence-corrected chi connectivity index (χ2v) is 8.76. The van der Waals surface area contributed by atoms with Gasteiger partial charge in [-0.15, -0.1) is 0 Å². The Morgan fingerprint density at radius 1 is 1.26 bits per heavy atom. The molecule has 2 rings (SSSR count). The van der Waals surface area contributed by atoms with E-state index >= 15 is 0 Å². The van der Waals surface area contributed by atoms with Crippen LogP contribution in [0.1, 0.15) is 31.7 Å². The summed E-state index contributed by atoms with van der Waals surface area (Å²) in [6.45, 7) is 5.51. The summed E-state index contributed by atoms with van der Waals surface area (Å²) in [6.07, 6.45) is 6.38. The SMILES string of the molecule is CCN(CCCNC(=NC)N1CCC(=Cc2ccccc2)CC1)S(C)(=O)=O. The van der Waals surface area contributed by atoms with Crippen LogP contribution in [0.5, 0.6) is 0 Å². The molecule has 0 saturated carbocycles. The lowest BCUT2D eigenvalue weighted by Crippen LogP contribution is -2.45. The molecule has 0 amide bonds. The molecule has 1 fully saturated rings. The van der Waals surface area contributed by atoms with Gasteiger partial charge < -0.3 is 10.2 Å². The summed E-state index contributed by atoms with van der Waals surface area (Å²) in [7, 11) is -1.32. The maximum atomic E-state index is 11.6. The minimum absolute atomic E-state index is 0.510. The monoisotopic (exact) mass is 392 g/mol. The Hall–Kier alpha value is -1.86. The number of aliphatic imine (C=N–C) groups is 1. The zero-order valence-electron chi connectivity index (χ0n) is 16.7. The molecular formula is C20H32N4O2S. The second kappa shape index (κ2) is 10.5. The first-order valence-electron chi connectivity index (χ1n) is 9.59. The van der Waals surface area contributed by atoms with Crippen molar-refractivity contribution in [2.24, 2.45) is 4.99 Å². The number of benzene rings is 1. The van der Waals surface area contributed by atoms with Crippen molar-refractivity contribution >= 4 is 22.1 Å². The topological polar surface area (TPSA) is 65.0 Å². The van der Waals surface area contributed by atoms with Crippen LogP contribution in [-0.2, 0) is 10.0 Å². The molecule has 1 heterocycles. The zero-order valence-corrected chi connectivity index (χ0v) is 17.5. The Morgan fingerprint density at radius 2 is 1.93 bits per heavy atom. The number of guanidine groups is 1. The van der Waals surface area contributed by atoms with Crippen molar-refractivity contribution in [3.63, 3.8) is 0 Å². The number of piperidine rings is 1. The lowest BCUT2D eigenvalue weighted by molar-refractivity contribution is 0.372. The third-order valence-electron chi connectivity index (χ3n) is 4.78. The standard InChI is InChI=1S/C20H32N4O2S/c1-4-24(27(3,25)26)14-8-13-22-20(21-2)23-15-11-19(12-16-23)17-18-9-6-5-7-10-18/h5-7,9-10,17H,4,8,11-16H2,1-3H3,(H,21,22). The third-order valence-corrected chi connectivity index (χ3v) is 6.16. The van der Waals surface area contributed by atoms with Crippen molar-refractivity contribution in [3.05, 3.63) is 41.5 Å². The van der Waals surface area contributed by atoms with E-state index in [1.54, 1.807) is 7.05 Å². The van der Waals surface area contributed by atoms with Crippen LogP contribution in [0.15, 0.2) is 40.9 Å². The molecule has 1 aromatic rings. The van der Waals surface area contributed by atoms with Crippen LogP contribution in [0.4, 0.5) is 0 Å². The van der Waals surface area contributed by atoms with Crippen LogP contribution in [0.2, 0.25) is 0 Å². The van der Waals surface area contributed by atoms with Gasteiger partial charge in [0, 0.05) is 39.8 Å². The van der Waals surface area contributed by atoms with Gasteiger partial charge in [0.25, 0.3) is 0 Å². The fourth-order valence-corrected chi connectivity index (χ4v) is 4.21. The van der Waals surface area contributed by atoms with Gasteiger partial charge in [-0.05, 0) is 24.8 Å². The Bertz CT molecular complexity index is 735. The van der Waals surface area contributed by atoms with Crippen molar-refractivity contribution in [2.75, 3.05) is 46.0 Å². The first-order chi connectivity index (χ1) is 12.9. The molecule has 1 aliphatic heterocycles. The van der Waals surface area contributed by atoms with Crippen molar-refractivity contribution in [1.82, 2.24) is 14.5 Å². The third kappa shape index (κ3) is 6.99. The molecule has 1 N–H and O–H groups in total. The predicted molar refractivity (Wildman–Crippen MR) is 113 cm³/mol. The second-order valence-electron chi connectivity index (χ2n) is 6.78. The van der Waals surface area contributed by atoms with Crippen molar-refractivity contribution in [3.8, 4) is 0 Å². The lowest BCUT2D eigenvalue weighted by atomic mass is 10.0. The van der Waals surface area contributed by atoms with Crippen LogP contribution in [0.3, 0.4) is 0 Å². The van der Waals surface area contributed by atoms with E-state index in [1.807, 2.05) is 13.0 Å².